The van der Waals surface area contributed by atoms with Gasteiger partial charge in [-0.2, -0.15) is 0 Å². The molecule has 1 saturated heterocycles. The minimum atomic E-state index is -0.184. The molecule has 1 fully saturated rings. The zero-order chi connectivity index (χ0) is 14.6. The zero-order valence-corrected chi connectivity index (χ0v) is 12.5. The van der Waals surface area contributed by atoms with Gasteiger partial charge in [0.1, 0.15) is 5.82 Å². The number of nitrogens with one attached hydrogen (secondary N) is 1. The lowest BCUT2D eigenvalue weighted by Gasteiger charge is -2.46. The van der Waals surface area contributed by atoms with Gasteiger partial charge in [-0.3, -0.25) is 16.2 Å². The first-order valence-electron chi connectivity index (χ1n) is 7.65. The van der Waals surface area contributed by atoms with Crippen molar-refractivity contribution in [2.45, 2.75) is 51.1 Å². The molecule has 1 aromatic rings. The Balaban J connectivity index is 2.42. The third-order valence-corrected chi connectivity index (χ3v) is 4.88. The van der Waals surface area contributed by atoms with Crippen molar-refractivity contribution < 1.29 is 4.39 Å². The number of rotatable bonds is 6. The summed E-state index contributed by atoms with van der Waals surface area (Å²) in [6, 6.07) is 6.78. The number of likely N-dealkylation sites (tertiary alicyclic amines) is 1. The molecule has 2 rings (SSSR count). The number of nitrogens with zero attached hydrogens (tertiary/aromatic N) is 1. The third-order valence-electron chi connectivity index (χ3n) is 4.88. The van der Waals surface area contributed by atoms with Crippen molar-refractivity contribution in [3.8, 4) is 0 Å². The van der Waals surface area contributed by atoms with Crippen LogP contribution in [0.3, 0.4) is 0 Å². The van der Waals surface area contributed by atoms with Crippen LogP contribution >= 0.6 is 0 Å². The van der Waals surface area contributed by atoms with E-state index < -0.39 is 0 Å². The average molecular weight is 279 g/mol. The summed E-state index contributed by atoms with van der Waals surface area (Å²) in [5, 5.41) is 0. The summed E-state index contributed by atoms with van der Waals surface area (Å²) >= 11 is 0. The molecule has 1 unspecified atom stereocenters. The van der Waals surface area contributed by atoms with Crippen LogP contribution in [0.1, 0.15) is 51.1 Å². The fourth-order valence-electron chi connectivity index (χ4n) is 3.69. The molecule has 0 saturated carbocycles. The number of benzene rings is 1. The van der Waals surface area contributed by atoms with Gasteiger partial charge in [0.15, 0.2) is 0 Å². The molecule has 0 radical (unpaired) electrons. The molecule has 0 amide bonds. The van der Waals surface area contributed by atoms with Gasteiger partial charge in [0.25, 0.3) is 0 Å². The van der Waals surface area contributed by atoms with Crippen LogP contribution in [-0.4, -0.2) is 23.5 Å². The molecule has 4 heteroatoms. The summed E-state index contributed by atoms with van der Waals surface area (Å²) in [7, 11) is 0. The number of halogens is 1. The Bertz CT molecular complexity index is 425. The van der Waals surface area contributed by atoms with Crippen molar-refractivity contribution >= 4 is 0 Å². The SMILES string of the molecule is CCC(CC)(C(NN)c1ccccc1F)N1CCCC1. The van der Waals surface area contributed by atoms with E-state index in [9.17, 15) is 4.39 Å². The van der Waals surface area contributed by atoms with E-state index in [0.717, 1.165) is 25.9 Å². The van der Waals surface area contributed by atoms with E-state index >= 15 is 0 Å². The Hall–Kier alpha value is -0.970. The number of nitrogens with two attached hydrogens (primary N) is 1. The van der Waals surface area contributed by atoms with Crippen LogP contribution in [0.5, 0.6) is 0 Å². The Labute approximate surface area is 121 Å². The standard InChI is InChI=1S/C16H26FN3/c1-3-16(4-2,20-11-7-8-12-20)15(19-18)13-9-5-6-10-14(13)17/h5-6,9-10,15,19H,3-4,7-8,11-12,18H2,1-2H3. The second-order valence-corrected chi connectivity index (χ2v) is 5.63. The monoisotopic (exact) mass is 279 g/mol. The van der Waals surface area contributed by atoms with Gasteiger partial charge in [-0.25, -0.2) is 4.39 Å². The van der Waals surface area contributed by atoms with E-state index in [0.29, 0.717) is 5.56 Å². The molecule has 112 valence electrons. The first kappa shape index (κ1) is 15.4. The highest BCUT2D eigenvalue weighted by molar-refractivity contribution is 5.25. The second kappa shape index (κ2) is 6.66. The highest BCUT2D eigenvalue weighted by atomic mass is 19.1. The predicted molar refractivity (Wildman–Crippen MR) is 80.6 cm³/mol. The normalized spacial score (nSPS) is 18.4. The number of hydrazine groups is 1. The molecule has 1 atom stereocenters. The van der Waals surface area contributed by atoms with Gasteiger partial charge in [0, 0.05) is 11.1 Å². The van der Waals surface area contributed by atoms with Gasteiger partial charge in [-0.1, -0.05) is 32.0 Å². The molecule has 0 spiro atoms. The molecule has 0 bridgehead atoms. The largest absolute Gasteiger partial charge is 0.296 e. The summed E-state index contributed by atoms with van der Waals surface area (Å²) in [6.07, 6.45) is 4.34. The first-order chi connectivity index (χ1) is 9.69. The van der Waals surface area contributed by atoms with Crippen LogP contribution in [0, 0.1) is 5.82 Å². The van der Waals surface area contributed by atoms with Gasteiger partial charge in [-0.15, -0.1) is 0 Å². The Morgan fingerprint density at radius 1 is 1.25 bits per heavy atom. The average Bonchev–Trinajstić information content (AvgIpc) is 3.01. The fourth-order valence-corrected chi connectivity index (χ4v) is 3.69. The van der Waals surface area contributed by atoms with Crippen molar-refractivity contribution in [3.63, 3.8) is 0 Å². The maximum absolute atomic E-state index is 14.2. The topological polar surface area (TPSA) is 41.3 Å². The predicted octanol–water partition coefficient (Wildman–Crippen LogP) is 2.98. The van der Waals surface area contributed by atoms with Gasteiger partial charge >= 0.3 is 0 Å². The highest BCUT2D eigenvalue weighted by Gasteiger charge is 2.43. The zero-order valence-electron chi connectivity index (χ0n) is 12.5. The molecular formula is C16H26FN3. The van der Waals surface area contributed by atoms with E-state index in [2.05, 4.69) is 24.2 Å². The van der Waals surface area contributed by atoms with E-state index in [-0.39, 0.29) is 17.4 Å². The summed E-state index contributed by atoms with van der Waals surface area (Å²) in [6.45, 7) is 6.50. The van der Waals surface area contributed by atoms with Crippen molar-refractivity contribution in [3.05, 3.63) is 35.6 Å². The van der Waals surface area contributed by atoms with Crippen molar-refractivity contribution in [2.75, 3.05) is 13.1 Å². The van der Waals surface area contributed by atoms with Crippen LogP contribution in [0.15, 0.2) is 24.3 Å². The molecule has 1 aliphatic heterocycles. The van der Waals surface area contributed by atoms with E-state index in [1.165, 1.54) is 18.9 Å². The van der Waals surface area contributed by atoms with Crippen LogP contribution in [0.2, 0.25) is 0 Å². The summed E-state index contributed by atoms with van der Waals surface area (Å²) in [4.78, 5) is 2.49. The number of hydrogen-bond donors (Lipinski definition) is 2. The van der Waals surface area contributed by atoms with E-state index in [1.54, 1.807) is 6.07 Å². The van der Waals surface area contributed by atoms with E-state index in [1.807, 2.05) is 12.1 Å². The van der Waals surface area contributed by atoms with Crippen molar-refractivity contribution in [2.24, 2.45) is 5.84 Å². The third kappa shape index (κ3) is 2.60. The van der Waals surface area contributed by atoms with Crippen molar-refractivity contribution in [1.82, 2.24) is 10.3 Å². The minimum Gasteiger partial charge on any atom is -0.296 e. The van der Waals surface area contributed by atoms with Gasteiger partial charge < -0.3 is 0 Å². The fraction of sp³-hybridized carbons (Fsp3) is 0.625. The molecule has 0 aromatic heterocycles. The quantitative estimate of drug-likeness (QED) is 0.621. The van der Waals surface area contributed by atoms with Crippen LogP contribution in [0.25, 0.3) is 0 Å². The molecule has 20 heavy (non-hydrogen) atoms. The molecular weight excluding hydrogens is 253 g/mol. The maximum atomic E-state index is 14.2. The lowest BCUT2D eigenvalue weighted by molar-refractivity contribution is 0.0603. The van der Waals surface area contributed by atoms with Gasteiger partial charge in [-0.05, 0) is 44.8 Å². The molecule has 3 nitrogen and oxygen atoms in total. The summed E-state index contributed by atoms with van der Waals surface area (Å²) < 4.78 is 14.2. The molecule has 1 heterocycles. The molecule has 1 aliphatic rings. The minimum absolute atomic E-state index is 0.118. The van der Waals surface area contributed by atoms with Crippen LogP contribution < -0.4 is 11.3 Å². The second-order valence-electron chi connectivity index (χ2n) is 5.63. The molecule has 0 aliphatic carbocycles. The maximum Gasteiger partial charge on any atom is 0.128 e. The lowest BCUT2D eigenvalue weighted by Crippen LogP contribution is -2.56. The Kier molecular flexibility index (Phi) is 5.13. The summed E-state index contributed by atoms with van der Waals surface area (Å²) in [5.74, 6) is 5.66. The smallest absolute Gasteiger partial charge is 0.128 e. The van der Waals surface area contributed by atoms with Crippen LogP contribution in [0.4, 0.5) is 4.39 Å². The van der Waals surface area contributed by atoms with E-state index in [4.69, 9.17) is 5.84 Å². The molecule has 1 aromatic carbocycles. The highest BCUT2D eigenvalue weighted by Crippen LogP contribution is 2.39. The Morgan fingerprint density at radius 3 is 2.35 bits per heavy atom. The summed E-state index contributed by atoms with van der Waals surface area (Å²) in [5.41, 5.74) is 3.45. The molecule has 3 N–H and O–H groups in total. The first-order valence-corrected chi connectivity index (χ1v) is 7.65. The van der Waals surface area contributed by atoms with Crippen LogP contribution in [-0.2, 0) is 0 Å². The number of hydrogen-bond acceptors (Lipinski definition) is 3. The lowest BCUT2D eigenvalue weighted by atomic mass is 9.79. The van der Waals surface area contributed by atoms with Gasteiger partial charge in [0.2, 0.25) is 0 Å². The van der Waals surface area contributed by atoms with Gasteiger partial charge in [0.05, 0.1) is 6.04 Å². The Morgan fingerprint density at radius 2 is 1.85 bits per heavy atom. The van der Waals surface area contributed by atoms with Crippen molar-refractivity contribution in [1.29, 1.82) is 0 Å².